The molecule has 0 saturated carbocycles. The molecule has 266 valence electrons. The average molecular weight is 683 g/mol. The molecule has 0 saturated heterocycles. The molecule has 2 aromatic rings. The fourth-order valence-corrected chi connectivity index (χ4v) is 12.1. The summed E-state index contributed by atoms with van der Waals surface area (Å²) in [6, 6.07) is 21.4. The average Bonchev–Trinajstić information content (AvgIpc) is 3.02. The van der Waals surface area contributed by atoms with Crippen LogP contribution in [0.2, 0.25) is 23.2 Å². The highest BCUT2D eigenvalue weighted by Gasteiger charge is 2.51. The molecule has 0 aromatic heterocycles. The van der Waals surface area contributed by atoms with Crippen LogP contribution < -0.4 is 10.4 Å². The summed E-state index contributed by atoms with van der Waals surface area (Å²) in [6.07, 6.45) is 16.9. The van der Waals surface area contributed by atoms with Gasteiger partial charge in [-0.3, -0.25) is 4.79 Å². The van der Waals surface area contributed by atoms with Crippen molar-refractivity contribution in [2.45, 2.75) is 168 Å². The molecule has 0 N–H and O–H groups in total. The molecule has 0 aliphatic heterocycles. The van der Waals surface area contributed by atoms with Crippen molar-refractivity contribution in [3.05, 3.63) is 60.7 Å². The number of hydrogen-bond donors (Lipinski definition) is 0. The Morgan fingerprint density at radius 3 is 1.45 bits per heavy atom. The highest BCUT2D eigenvalue weighted by atomic mass is 28.4. The Hall–Kier alpha value is -1.74. The molecule has 4 nitrogen and oxygen atoms in total. The van der Waals surface area contributed by atoms with Crippen LogP contribution in [0.3, 0.4) is 0 Å². The minimum atomic E-state index is -2.75. The van der Waals surface area contributed by atoms with Crippen LogP contribution >= 0.6 is 0 Å². The fourth-order valence-electron chi connectivity index (χ4n) is 6.23. The van der Waals surface area contributed by atoms with E-state index in [1.54, 1.807) is 0 Å². The highest BCUT2D eigenvalue weighted by Crippen LogP contribution is 2.39. The van der Waals surface area contributed by atoms with Gasteiger partial charge in [0.2, 0.25) is 0 Å². The van der Waals surface area contributed by atoms with Gasteiger partial charge in [0, 0.05) is 6.42 Å². The number of hydrogen-bond acceptors (Lipinski definition) is 4. The summed E-state index contributed by atoms with van der Waals surface area (Å²) in [4.78, 5) is 12.9. The van der Waals surface area contributed by atoms with E-state index in [1.165, 1.54) is 81.0 Å². The Bertz CT molecular complexity index is 1070. The summed E-state index contributed by atoms with van der Waals surface area (Å²) in [6.45, 7) is 21.0. The van der Waals surface area contributed by atoms with Gasteiger partial charge < -0.3 is 13.6 Å². The van der Waals surface area contributed by atoms with Gasteiger partial charge in [0.05, 0.1) is 6.61 Å². The van der Waals surface area contributed by atoms with Gasteiger partial charge in [0.1, 0.15) is 12.7 Å². The van der Waals surface area contributed by atoms with Crippen LogP contribution in [0.15, 0.2) is 60.7 Å². The topological polar surface area (TPSA) is 44.8 Å². The quantitative estimate of drug-likeness (QED) is 0.0665. The van der Waals surface area contributed by atoms with E-state index in [9.17, 15) is 4.79 Å². The predicted octanol–water partition coefficient (Wildman–Crippen LogP) is 11.0. The molecule has 1 unspecified atom stereocenters. The molecule has 0 bridgehead atoms. The molecule has 1 atom stereocenters. The van der Waals surface area contributed by atoms with Crippen molar-refractivity contribution in [2.75, 3.05) is 13.2 Å². The van der Waals surface area contributed by atoms with Gasteiger partial charge in [-0.1, -0.05) is 186 Å². The molecular formula is C41H70O4Si2. The minimum Gasteiger partial charge on any atom is -0.463 e. The summed E-state index contributed by atoms with van der Waals surface area (Å²) < 4.78 is 20.1. The molecule has 6 heteroatoms. The molecule has 0 fully saturated rings. The largest absolute Gasteiger partial charge is 0.463 e. The lowest BCUT2D eigenvalue weighted by Crippen LogP contribution is -2.67. The summed E-state index contributed by atoms with van der Waals surface area (Å²) in [5, 5.41) is 2.37. The molecule has 0 amide bonds. The van der Waals surface area contributed by atoms with Crippen LogP contribution in [0.25, 0.3) is 0 Å². The summed E-state index contributed by atoms with van der Waals surface area (Å²) in [5.41, 5.74) is 0. The minimum absolute atomic E-state index is 0.0291. The fraction of sp³-hybridized carbons (Fsp3) is 0.683. The van der Waals surface area contributed by atoms with Gasteiger partial charge >= 0.3 is 5.97 Å². The Kier molecular flexibility index (Phi) is 18.2. The zero-order valence-electron chi connectivity index (χ0n) is 31.8. The van der Waals surface area contributed by atoms with Crippen molar-refractivity contribution >= 4 is 33.0 Å². The zero-order chi connectivity index (χ0) is 34.8. The lowest BCUT2D eigenvalue weighted by Gasteiger charge is -2.45. The standard InChI is InChI=1S/C41H70O4Si2/c1-10-11-12-13-14-15-16-17-18-19-20-21-28-33-39(42)43-34-36(45-46(8,9)40(2,3)4)35-44-47(41(5,6)7,37-29-24-22-25-30-37)38-31-26-23-27-32-38/h22-27,29-32,36H,10-21,28,33-35H2,1-9H3. The highest BCUT2D eigenvalue weighted by molar-refractivity contribution is 6.99. The number of esters is 1. The monoisotopic (exact) mass is 682 g/mol. The molecular weight excluding hydrogens is 613 g/mol. The van der Waals surface area contributed by atoms with Gasteiger partial charge in [-0.25, -0.2) is 0 Å². The number of carbonyl (C=O) groups is 1. The van der Waals surface area contributed by atoms with Crippen LogP contribution in [0, 0.1) is 0 Å². The van der Waals surface area contributed by atoms with E-state index in [0.717, 1.165) is 12.8 Å². The van der Waals surface area contributed by atoms with Crippen LogP contribution in [0.4, 0.5) is 0 Å². The Balaban J connectivity index is 1.99. The predicted molar refractivity (Wildman–Crippen MR) is 207 cm³/mol. The molecule has 0 spiro atoms. The van der Waals surface area contributed by atoms with Crippen LogP contribution in [0.5, 0.6) is 0 Å². The normalized spacial score (nSPS) is 13.5. The molecule has 0 aliphatic rings. The third-order valence-corrected chi connectivity index (χ3v) is 19.6. The second kappa shape index (κ2) is 20.7. The third kappa shape index (κ3) is 14.0. The second-order valence-corrected chi connectivity index (χ2v) is 25.2. The first-order chi connectivity index (χ1) is 22.2. The van der Waals surface area contributed by atoms with E-state index in [4.69, 9.17) is 13.6 Å². The molecule has 0 radical (unpaired) electrons. The summed E-state index contributed by atoms with van der Waals surface area (Å²) in [7, 11) is -4.90. The Morgan fingerprint density at radius 2 is 1.04 bits per heavy atom. The maximum absolute atomic E-state index is 12.9. The smallest absolute Gasteiger partial charge is 0.305 e. The van der Waals surface area contributed by atoms with Crippen LogP contribution in [0.1, 0.15) is 138 Å². The SMILES string of the molecule is CCCCCCCCCCCCCCCC(=O)OCC(CO[Si](c1ccccc1)(c1ccccc1)C(C)(C)C)O[Si](C)(C)C(C)(C)C. The van der Waals surface area contributed by atoms with Gasteiger partial charge in [0.25, 0.3) is 8.32 Å². The first kappa shape index (κ1) is 41.4. The first-order valence-corrected chi connectivity index (χ1v) is 23.6. The van der Waals surface area contributed by atoms with Gasteiger partial charge in [0.15, 0.2) is 8.32 Å². The molecule has 47 heavy (non-hydrogen) atoms. The van der Waals surface area contributed by atoms with E-state index < -0.39 is 16.6 Å². The molecule has 0 aliphatic carbocycles. The van der Waals surface area contributed by atoms with Crippen molar-refractivity contribution in [2.24, 2.45) is 0 Å². The first-order valence-electron chi connectivity index (χ1n) is 18.8. The van der Waals surface area contributed by atoms with E-state index in [-0.39, 0.29) is 28.8 Å². The Morgan fingerprint density at radius 1 is 0.617 bits per heavy atom. The molecule has 2 aromatic carbocycles. The van der Waals surface area contributed by atoms with Crippen molar-refractivity contribution < 1.29 is 18.4 Å². The van der Waals surface area contributed by atoms with E-state index in [0.29, 0.717) is 13.0 Å². The number of carbonyl (C=O) groups excluding carboxylic acids is 1. The zero-order valence-corrected chi connectivity index (χ0v) is 33.8. The third-order valence-electron chi connectivity index (χ3n) is 10.1. The van der Waals surface area contributed by atoms with E-state index in [2.05, 4.69) is 122 Å². The lowest BCUT2D eigenvalue weighted by molar-refractivity contribution is -0.147. The lowest BCUT2D eigenvalue weighted by atomic mass is 10.0. The summed E-state index contributed by atoms with van der Waals surface area (Å²) in [5.74, 6) is -0.123. The number of unbranched alkanes of at least 4 members (excludes halogenated alkanes) is 12. The van der Waals surface area contributed by atoms with Gasteiger partial charge in [-0.2, -0.15) is 0 Å². The maximum Gasteiger partial charge on any atom is 0.305 e. The van der Waals surface area contributed by atoms with Gasteiger partial charge in [-0.05, 0) is 40.0 Å². The second-order valence-electron chi connectivity index (χ2n) is 16.2. The number of ether oxygens (including phenoxy) is 1. The van der Waals surface area contributed by atoms with Crippen LogP contribution in [-0.2, 0) is 18.4 Å². The Labute approximate surface area is 292 Å². The van der Waals surface area contributed by atoms with Crippen LogP contribution in [-0.4, -0.2) is 41.9 Å². The van der Waals surface area contributed by atoms with Crippen molar-refractivity contribution in [3.8, 4) is 0 Å². The van der Waals surface area contributed by atoms with Crippen molar-refractivity contribution in [3.63, 3.8) is 0 Å². The summed E-state index contributed by atoms with van der Waals surface area (Å²) >= 11 is 0. The van der Waals surface area contributed by atoms with E-state index in [1.807, 2.05) is 0 Å². The maximum atomic E-state index is 12.9. The number of rotatable bonds is 23. The molecule has 2 rings (SSSR count). The van der Waals surface area contributed by atoms with Crippen molar-refractivity contribution in [1.29, 1.82) is 0 Å². The van der Waals surface area contributed by atoms with Crippen molar-refractivity contribution in [1.82, 2.24) is 0 Å². The van der Waals surface area contributed by atoms with E-state index >= 15 is 0 Å². The van der Waals surface area contributed by atoms with Gasteiger partial charge in [-0.15, -0.1) is 0 Å². The number of benzene rings is 2. The molecule has 0 heterocycles.